The second kappa shape index (κ2) is 12.0. The van der Waals surface area contributed by atoms with Crippen LogP contribution in [0.3, 0.4) is 0 Å². The minimum Gasteiger partial charge on any atom is -0.377 e. The molecule has 1 aromatic rings. The van der Waals surface area contributed by atoms with Crippen molar-refractivity contribution in [2.24, 2.45) is 28.7 Å². The van der Waals surface area contributed by atoms with E-state index >= 15 is 0 Å². The van der Waals surface area contributed by atoms with Crippen LogP contribution in [0.2, 0.25) is 0 Å². The fourth-order valence-electron chi connectivity index (χ4n) is 5.16. The van der Waals surface area contributed by atoms with E-state index in [0.717, 1.165) is 37.1 Å². The molecule has 4 unspecified atom stereocenters. The van der Waals surface area contributed by atoms with Gasteiger partial charge in [0, 0.05) is 26.2 Å². The van der Waals surface area contributed by atoms with Crippen molar-refractivity contribution in [2.75, 3.05) is 26.2 Å². The van der Waals surface area contributed by atoms with Gasteiger partial charge in [-0.3, -0.25) is 14.5 Å². The maximum absolute atomic E-state index is 12.8. The van der Waals surface area contributed by atoms with Crippen molar-refractivity contribution in [1.82, 2.24) is 15.5 Å². The molecule has 4 atom stereocenters. The Morgan fingerprint density at radius 3 is 2.36 bits per heavy atom. The smallest absolute Gasteiger partial charge is 0.233 e. The number of aliphatic imine (C=N–C) groups is 1. The number of fused-ring (bicyclic) bond motifs is 5. The fourth-order valence-corrected chi connectivity index (χ4v) is 5.16. The Balaban J connectivity index is 0.00000306. The summed E-state index contributed by atoms with van der Waals surface area (Å²) in [6.07, 6.45) is 6.21. The normalized spacial score (nSPS) is 25.4. The molecule has 1 aliphatic heterocycles. The monoisotopic (exact) mass is 566 g/mol. The molecule has 1 heterocycles. The zero-order valence-electron chi connectivity index (χ0n) is 19.5. The zero-order valence-corrected chi connectivity index (χ0v) is 21.8. The summed E-state index contributed by atoms with van der Waals surface area (Å²) in [6, 6.07) is 8.17. The number of amides is 2. The van der Waals surface area contributed by atoms with Crippen LogP contribution < -0.4 is 10.6 Å². The van der Waals surface area contributed by atoms with Crippen molar-refractivity contribution < 1.29 is 14.3 Å². The van der Waals surface area contributed by atoms with Gasteiger partial charge in [-0.05, 0) is 42.7 Å². The second-order valence-corrected chi connectivity index (χ2v) is 8.77. The van der Waals surface area contributed by atoms with Gasteiger partial charge in [-0.25, -0.2) is 4.99 Å². The lowest BCUT2D eigenvalue weighted by Crippen LogP contribution is -2.43. The number of ether oxygens (including phenoxy) is 1. The van der Waals surface area contributed by atoms with Crippen LogP contribution in [-0.2, 0) is 27.5 Å². The van der Waals surface area contributed by atoms with Crippen LogP contribution in [0.1, 0.15) is 37.8 Å². The lowest BCUT2D eigenvalue weighted by molar-refractivity contribution is -0.140. The molecule has 8 heteroatoms. The highest BCUT2D eigenvalue weighted by Crippen LogP contribution is 2.52. The lowest BCUT2D eigenvalue weighted by Gasteiger charge is -2.18. The van der Waals surface area contributed by atoms with Crippen LogP contribution >= 0.6 is 24.0 Å². The van der Waals surface area contributed by atoms with Gasteiger partial charge in [0.25, 0.3) is 0 Å². The van der Waals surface area contributed by atoms with Crippen LogP contribution in [0.4, 0.5) is 0 Å². The number of benzene rings is 1. The van der Waals surface area contributed by atoms with Gasteiger partial charge in [0.15, 0.2) is 5.96 Å². The highest BCUT2D eigenvalue weighted by Gasteiger charge is 2.58. The summed E-state index contributed by atoms with van der Waals surface area (Å²) in [5.74, 6) is 0.914. The van der Waals surface area contributed by atoms with Crippen LogP contribution in [0.25, 0.3) is 0 Å². The topological polar surface area (TPSA) is 83.0 Å². The molecular weight excluding hydrogens is 531 g/mol. The Kier molecular flexibility index (Phi) is 9.31. The third-order valence-electron chi connectivity index (χ3n) is 6.67. The molecule has 1 saturated carbocycles. The maximum Gasteiger partial charge on any atom is 0.233 e. The van der Waals surface area contributed by atoms with Gasteiger partial charge in [0.2, 0.25) is 11.8 Å². The Morgan fingerprint density at radius 2 is 1.73 bits per heavy atom. The van der Waals surface area contributed by atoms with E-state index in [1.807, 2.05) is 19.1 Å². The average Bonchev–Trinajstić information content (AvgIpc) is 3.48. The van der Waals surface area contributed by atoms with Crippen molar-refractivity contribution in [1.29, 1.82) is 0 Å². The van der Waals surface area contributed by atoms with Crippen molar-refractivity contribution in [2.45, 2.75) is 39.8 Å². The molecule has 3 aliphatic rings. The molecular formula is C25H35IN4O3. The van der Waals surface area contributed by atoms with Gasteiger partial charge in [-0.2, -0.15) is 0 Å². The number of hydrogen-bond acceptors (Lipinski definition) is 4. The van der Waals surface area contributed by atoms with E-state index in [-0.39, 0.29) is 59.5 Å². The maximum atomic E-state index is 12.8. The summed E-state index contributed by atoms with van der Waals surface area (Å²) < 4.78 is 5.70. The summed E-state index contributed by atoms with van der Waals surface area (Å²) in [6.45, 7) is 7.55. The quantitative estimate of drug-likeness (QED) is 0.114. The van der Waals surface area contributed by atoms with Gasteiger partial charge < -0.3 is 15.4 Å². The van der Waals surface area contributed by atoms with E-state index in [1.165, 1.54) is 4.90 Å². The molecule has 2 amide bonds. The van der Waals surface area contributed by atoms with Crippen LogP contribution in [0.5, 0.6) is 0 Å². The van der Waals surface area contributed by atoms with Gasteiger partial charge in [0.05, 0.1) is 25.0 Å². The number of halogens is 1. The summed E-state index contributed by atoms with van der Waals surface area (Å²) in [7, 11) is 0. The van der Waals surface area contributed by atoms with Gasteiger partial charge in [-0.15, -0.1) is 24.0 Å². The number of guanidine groups is 1. The molecule has 2 bridgehead atoms. The third-order valence-corrected chi connectivity index (χ3v) is 6.67. The number of imide groups is 1. The highest BCUT2D eigenvalue weighted by molar-refractivity contribution is 14.0. The summed E-state index contributed by atoms with van der Waals surface area (Å²) in [5.41, 5.74) is 2.27. The van der Waals surface area contributed by atoms with Gasteiger partial charge in [0.1, 0.15) is 0 Å². The number of carbonyl (C=O) groups excluding carboxylic acids is 2. The number of nitrogens with one attached hydrogen (secondary N) is 2. The number of likely N-dealkylation sites (tertiary alicyclic amines) is 1. The molecule has 33 heavy (non-hydrogen) atoms. The third kappa shape index (κ3) is 5.59. The van der Waals surface area contributed by atoms with Crippen LogP contribution in [-0.4, -0.2) is 48.9 Å². The first-order valence-electron chi connectivity index (χ1n) is 11.8. The molecule has 0 aromatic heterocycles. The summed E-state index contributed by atoms with van der Waals surface area (Å²) in [4.78, 5) is 31.8. The molecule has 1 aromatic carbocycles. The molecule has 0 spiro atoms. The van der Waals surface area contributed by atoms with Crippen molar-refractivity contribution >= 4 is 41.8 Å². The molecule has 4 rings (SSSR count). The minimum absolute atomic E-state index is 0. The molecule has 7 nitrogen and oxygen atoms in total. The predicted octanol–water partition coefficient (Wildman–Crippen LogP) is 3.09. The summed E-state index contributed by atoms with van der Waals surface area (Å²) in [5, 5.41) is 6.53. The van der Waals surface area contributed by atoms with Crippen molar-refractivity contribution in [3.8, 4) is 0 Å². The van der Waals surface area contributed by atoms with Crippen molar-refractivity contribution in [3.05, 3.63) is 47.5 Å². The zero-order chi connectivity index (χ0) is 22.5. The van der Waals surface area contributed by atoms with Gasteiger partial charge in [-0.1, -0.05) is 43.3 Å². The Labute approximate surface area is 213 Å². The first kappa shape index (κ1) is 25.7. The molecule has 0 radical (unpaired) electrons. The van der Waals surface area contributed by atoms with Crippen LogP contribution in [0, 0.1) is 23.7 Å². The van der Waals surface area contributed by atoms with E-state index in [2.05, 4.69) is 41.8 Å². The van der Waals surface area contributed by atoms with E-state index in [9.17, 15) is 9.59 Å². The van der Waals surface area contributed by atoms with E-state index in [0.29, 0.717) is 32.2 Å². The number of allylic oxidation sites excluding steroid dienone is 2. The van der Waals surface area contributed by atoms with Gasteiger partial charge >= 0.3 is 0 Å². The average molecular weight is 566 g/mol. The molecule has 2 aliphatic carbocycles. The van der Waals surface area contributed by atoms with E-state index in [4.69, 9.17) is 9.73 Å². The minimum atomic E-state index is -0.133. The number of nitrogens with zero attached hydrogens (tertiary/aromatic N) is 2. The van der Waals surface area contributed by atoms with E-state index in [1.54, 1.807) is 0 Å². The SMILES string of the molecule is CCCOCc1ccccc1CN=C(NCC)NCCN1C(=O)C2C3C=CC(C3)C2C1=O.I. The Morgan fingerprint density at radius 1 is 1.06 bits per heavy atom. The fraction of sp³-hybridized carbons (Fsp3) is 0.560. The largest absolute Gasteiger partial charge is 0.377 e. The highest BCUT2D eigenvalue weighted by atomic mass is 127. The molecule has 2 fully saturated rings. The number of carbonyl (C=O) groups is 2. The first-order chi connectivity index (χ1) is 15.6. The molecule has 1 saturated heterocycles. The Hall–Kier alpha value is -1.94. The van der Waals surface area contributed by atoms with Crippen LogP contribution in [0.15, 0.2) is 41.4 Å². The Bertz CT molecular complexity index is 873. The predicted molar refractivity (Wildman–Crippen MR) is 139 cm³/mol. The van der Waals surface area contributed by atoms with Crippen molar-refractivity contribution in [3.63, 3.8) is 0 Å². The molecule has 180 valence electrons. The second-order valence-electron chi connectivity index (χ2n) is 8.77. The number of rotatable bonds is 10. The van der Waals surface area contributed by atoms with E-state index < -0.39 is 0 Å². The number of hydrogen-bond donors (Lipinski definition) is 2. The lowest BCUT2D eigenvalue weighted by atomic mass is 9.85. The first-order valence-corrected chi connectivity index (χ1v) is 11.8. The standard InChI is InChI=1S/C25H34N4O3.HI/c1-3-13-32-16-20-8-6-5-7-19(20)15-28-25(26-4-2)27-11-12-29-23(30)21-17-9-10-18(14-17)22(21)24(29)31;/h5-10,17-18,21-22H,3-4,11-16H2,1-2H3,(H2,26,27,28);1H. The summed E-state index contributed by atoms with van der Waals surface area (Å²) >= 11 is 0. The molecule has 2 N–H and O–H groups in total.